The van der Waals surface area contributed by atoms with Crippen LogP contribution < -0.4 is 10.9 Å². The molecule has 2 amide bonds. The van der Waals surface area contributed by atoms with E-state index < -0.39 is 11.2 Å². The Morgan fingerprint density at radius 2 is 1.62 bits per heavy atom. The molecule has 26 heavy (non-hydrogen) atoms. The maximum atomic E-state index is 12.7. The number of carbonyl (C=O) groups is 2. The fourth-order valence-electron chi connectivity index (χ4n) is 2.29. The van der Waals surface area contributed by atoms with Gasteiger partial charge in [0.05, 0.1) is 0 Å². The standard InChI is InChI=1S/C19H16BrN3O2S/c20-14-11-16(21-12-14)18(24)22-23-19(25)17(13-7-3-1-4-8-13)26-15-9-5-2-6-10-15/h1-12,17,21H,(H,22,24)(H,23,25). The topological polar surface area (TPSA) is 74.0 Å². The molecule has 0 aliphatic rings. The molecule has 3 aromatic rings. The Bertz CT molecular complexity index is 884. The summed E-state index contributed by atoms with van der Waals surface area (Å²) >= 11 is 4.69. The predicted molar refractivity (Wildman–Crippen MR) is 106 cm³/mol. The lowest BCUT2D eigenvalue weighted by atomic mass is 10.1. The van der Waals surface area contributed by atoms with Crippen molar-refractivity contribution in [3.8, 4) is 0 Å². The highest BCUT2D eigenvalue weighted by molar-refractivity contribution is 9.10. The van der Waals surface area contributed by atoms with Crippen LogP contribution in [0.2, 0.25) is 0 Å². The van der Waals surface area contributed by atoms with Gasteiger partial charge in [0.2, 0.25) is 0 Å². The second-order valence-electron chi connectivity index (χ2n) is 5.40. The number of hydrazine groups is 1. The van der Waals surface area contributed by atoms with E-state index in [9.17, 15) is 9.59 Å². The minimum atomic E-state index is -0.491. The molecule has 1 aromatic heterocycles. The predicted octanol–water partition coefficient (Wildman–Crippen LogP) is 4.07. The second kappa shape index (κ2) is 8.73. The lowest BCUT2D eigenvalue weighted by Gasteiger charge is -2.17. The first kappa shape index (κ1) is 18.3. The van der Waals surface area contributed by atoms with Crippen molar-refractivity contribution in [3.63, 3.8) is 0 Å². The molecule has 2 aromatic carbocycles. The number of nitrogens with one attached hydrogen (secondary N) is 3. The van der Waals surface area contributed by atoms with Crippen LogP contribution in [0.5, 0.6) is 0 Å². The van der Waals surface area contributed by atoms with Crippen molar-refractivity contribution in [2.75, 3.05) is 0 Å². The van der Waals surface area contributed by atoms with E-state index in [4.69, 9.17) is 0 Å². The molecular formula is C19H16BrN3O2S. The van der Waals surface area contributed by atoms with Gasteiger partial charge in [-0.25, -0.2) is 0 Å². The summed E-state index contributed by atoms with van der Waals surface area (Å²) in [5, 5.41) is -0.491. The van der Waals surface area contributed by atoms with E-state index in [2.05, 4.69) is 31.8 Å². The van der Waals surface area contributed by atoms with E-state index in [1.807, 2.05) is 60.7 Å². The van der Waals surface area contributed by atoms with Gasteiger partial charge in [0.1, 0.15) is 10.9 Å². The van der Waals surface area contributed by atoms with E-state index >= 15 is 0 Å². The molecule has 132 valence electrons. The Morgan fingerprint density at radius 3 is 2.23 bits per heavy atom. The molecule has 0 saturated heterocycles. The van der Waals surface area contributed by atoms with Gasteiger partial charge >= 0.3 is 0 Å². The van der Waals surface area contributed by atoms with Gasteiger partial charge in [-0.15, -0.1) is 11.8 Å². The molecule has 5 nitrogen and oxygen atoms in total. The minimum absolute atomic E-state index is 0.302. The highest BCUT2D eigenvalue weighted by Gasteiger charge is 2.22. The molecule has 3 rings (SSSR count). The lowest BCUT2D eigenvalue weighted by molar-refractivity contribution is -0.121. The van der Waals surface area contributed by atoms with Crippen molar-refractivity contribution in [1.29, 1.82) is 0 Å². The van der Waals surface area contributed by atoms with Crippen LogP contribution in [-0.2, 0) is 4.79 Å². The van der Waals surface area contributed by atoms with Crippen molar-refractivity contribution >= 4 is 39.5 Å². The molecule has 0 radical (unpaired) electrons. The van der Waals surface area contributed by atoms with Crippen LogP contribution in [0.1, 0.15) is 21.3 Å². The molecule has 0 aliphatic carbocycles. The van der Waals surface area contributed by atoms with Gasteiger partial charge in [-0.05, 0) is 39.7 Å². The van der Waals surface area contributed by atoms with Crippen LogP contribution >= 0.6 is 27.7 Å². The van der Waals surface area contributed by atoms with Crippen LogP contribution in [0.3, 0.4) is 0 Å². The van der Waals surface area contributed by atoms with E-state index in [0.29, 0.717) is 5.69 Å². The third kappa shape index (κ3) is 4.77. The monoisotopic (exact) mass is 429 g/mol. The Balaban J connectivity index is 1.71. The van der Waals surface area contributed by atoms with Gasteiger partial charge in [0, 0.05) is 15.6 Å². The van der Waals surface area contributed by atoms with Gasteiger partial charge in [0.25, 0.3) is 11.8 Å². The summed E-state index contributed by atoms with van der Waals surface area (Å²) in [6.07, 6.45) is 1.65. The Labute approximate surface area is 163 Å². The average molecular weight is 430 g/mol. The molecule has 0 bridgehead atoms. The Kier molecular flexibility index (Phi) is 6.14. The van der Waals surface area contributed by atoms with E-state index in [0.717, 1.165) is 14.9 Å². The van der Waals surface area contributed by atoms with Gasteiger partial charge in [-0.3, -0.25) is 20.4 Å². The molecular weight excluding hydrogens is 414 g/mol. The maximum Gasteiger partial charge on any atom is 0.286 e. The van der Waals surface area contributed by atoms with E-state index in [1.54, 1.807) is 12.3 Å². The molecule has 1 heterocycles. The zero-order valence-corrected chi connectivity index (χ0v) is 16.0. The molecule has 0 aliphatic heterocycles. The highest BCUT2D eigenvalue weighted by atomic mass is 79.9. The van der Waals surface area contributed by atoms with Crippen molar-refractivity contribution in [2.45, 2.75) is 10.1 Å². The molecule has 1 unspecified atom stereocenters. The normalized spacial score (nSPS) is 11.6. The van der Waals surface area contributed by atoms with Crippen molar-refractivity contribution in [2.24, 2.45) is 0 Å². The largest absolute Gasteiger partial charge is 0.356 e. The van der Waals surface area contributed by atoms with Crippen LogP contribution in [0.25, 0.3) is 0 Å². The van der Waals surface area contributed by atoms with Gasteiger partial charge in [-0.2, -0.15) is 0 Å². The Morgan fingerprint density at radius 1 is 0.962 bits per heavy atom. The number of halogens is 1. The zero-order chi connectivity index (χ0) is 18.4. The second-order valence-corrected chi connectivity index (χ2v) is 7.49. The molecule has 0 saturated carbocycles. The molecule has 7 heteroatoms. The summed E-state index contributed by atoms with van der Waals surface area (Å²) in [6.45, 7) is 0. The summed E-state index contributed by atoms with van der Waals surface area (Å²) in [5.74, 6) is -0.718. The summed E-state index contributed by atoms with van der Waals surface area (Å²) in [6, 6.07) is 20.8. The number of aromatic amines is 1. The number of carbonyl (C=O) groups excluding carboxylic acids is 2. The summed E-state index contributed by atoms with van der Waals surface area (Å²) in [5.41, 5.74) is 6.17. The van der Waals surface area contributed by atoms with Crippen LogP contribution in [0.4, 0.5) is 0 Å². The number of H-pyrrole nitrogens is 1. The van der Waals surface area contributed by atoms with Crippen LogP contribution in [-0.4, -0.2) is 16.8 Å². The summed E-state index contributed by atoms with van der Waals surface area (Å²) < 4.78 is 0.760. The van der Waals surface area contributed by atoms with Gasteiger partial charge < -0.3 is 4.98 Å². The number of amides is 2. The number of hydrogen-bond acceptors (Lipinski definition) is 3. The lowest BCUT2D eigenvalue weighted by Crippen LogP contribution is -2.43. The van der Waals surface area contributed by atoms with E-state index in [1.165, 1.54) is 11.8 Å². The minimum Gasteiger partial charge on any atom is -0.356 e. The summed E-state index contributed by atoms with van der Waals surface area (Å²) in [4.78, 5) is 28.6. The fourth-order valence-corrected chi connectivity index (χ4v) is 3.68. The Hall–Kier alpha value is -2.51. The van der Waals surface area contributed by atoms with Gasteiger partial charge in [0.15, 0.2) is 0 Å². The van der Waals surface area contributed by atoms with Gasteiger partial charge in [-0.1, -0.05) is 48.5 Å². The number of rotatable bonds is 5. The van der Waals surface area contributed by atoms with Crippen LogP contribution in [0.15, 0.2) is 82.3 Å². The first-order chi connectivity index (χ1) is 12.6. The quantitative estimate of drug-likeness (QED) is 0.422. The van der Waals surface area contributed by atoms with Crippen molar-refractivity contribution in [3.05, 3.63) is 88.7 Å². The number of aromatic nitrogens is 1. The number of benzene rings is 2. The van der Waals surface area contributed by atoms with Crippen molar-refractivity contribution < 1.29 is 9.59 Å². The first-order valence-corrected chi connectivity index (χ1v) is 9.51. The third-order valence-corrected chi connectivity index (χ3v) is 5.25. The highest BCUT2D eigenvalue weighted by Crippen LogP contribution is 2.35. The molecule has 3 N–H and O–H groups in total. The number of thioether (sulfide) groups is 1. The molecule has 1 atom stereocenters. The average Bonchev–Trinajstić information content (AvgIpc) is 3.12. The number of hydrogen-bond donors (Lipinski definition) is 3. The van der Waals surface area contributed by atoms with Crippen LogP contribution in [0, 0.1) is 0 Å². The fraction of sp³-hybridized carbons (Fsp3) is 0.0526. The smallest absolute Gasteiger partial charge is 0.286 e. The first-order valence-electron chi connectivity index (χ1n) is 7.84. The summed E-state index contributed by atoms with van der Waals surface area (Å²) in [7, 11) is 0. The van der Waals surface area contributed by atoms with E-state index in [-0.39, 0.29) is 5.91 Å². The molecule has 0 spiro atoms. The van der Waals surface area contributed by atoms with Crippen molar-refractivity contribution in [1.82, 2.24) is 15.8 Å². The molecule has 0 fully saturated rings. The maximum absolute atomic E-state index is 12.7. The third-order valence-electron chi connectivity index (χ3n) is 3.53. The zero-order valence-electron chi connectivity index (χ0n) is 13.6. The SMILES string of the molecule is O=C(NNC(=O)C(Sc1ccccc1)c1ccccc1)c1cc(Br)c[nH]1.